The van der Waals surface area contributed by atoms with Crippen LogP contribution < -0.4 is 15.8 Å². The summed E-state index contributed by atoms with van der Waals surface area (Å²) in [6.07, 6.45) is 1.66. The van der Waals surface area contributed by atoms with Crippen molar-refractivity contribution in [3.63, 3.8) is 0 Å². The summed E-state index contributed by atoms with van der Waals surface area (Å²) in [5, 5.41) is 14.4. The van der Waals surface area contributed by atoms with Gasteiger partial charge in [0.1, 0.15) is 5.75 Å². The Kier molecular flexibility index (Phi) is 6.36. The molecule has 20 heavy (non-hydrogen) atoms. The molecule has 0 fully saturated rings. The molecule has 0 aliphatic carbocycles. The van der Waals surface area contributed by atoms with Gasteiger partial charge in [0.2, 0.25) is 5.91 Å². The lowest BCUT2D eigenvalue weighted by Gasteiger charge is -2.16. The predicted molar refractivity (Wildman–Crippen MR) is 76.9 cm³/mol. The van der Waals surface area contributed by atoms with E-state index in [0.29, 0.717) is 12.2 Å². The first-order valence-corrected chi connectivity index (χ1v) is 6.50. The average Bonchev–Trinajstić information content (AvgIpc) is 2.46. The first-order valence-electron chi connectivity index (χ1n) is 6.50. The Morgan fingerprint density at radius 2 is 2.30 bits per heavy atom. The number of hydrogen-bond acceptors (Lipinski definition) is 4. The molecule has 1 atom stereocenters. The normalized spacial score (nSPS) is 12.8. The summed E-state index contributed by atoms with van der Waals surface area (Å²) < 4.78 is 5.11. The van der Waals surface area contributed by atoms with E-state index in [1.165, 1.54) is 0 Å². The number of methoxy groups -OCH3 is 1. The van der Waals surface area contributed by atoms with Gasteiger partial charge in [-0.05, 0) is 24.1 Å². The Morgan fingerprint density at radius 1 is 1.55 bits per heavy atom. The Bertz CT molecular complexity index is 474. The Morgan fingerprint density at radius 3 is 2.90 bits per heavy atom. The smallest absolute Gasteiger partial charge is 0.225 e. The third kappa shape index (κ3) is 4.79. The molecule has 6 heteroatoms. The number of nitrogens with one attached hydrogen (secondary N) is 1. The summed E-state index contributed by atoms with van der Waals surface area (Å²) in [7, 11) is 1.58. The van der Waals surface area contributed by atoms with E-state index in [-0.39, 0.29) is 18.2 Å². The maximum atomic E-state index is 12.0. The zero-order chi connectivity index (χ0) is 15.0. The van der Waals surface area contributed by atoms with Crippen molar-refractivity contribution in [2.24, 2.45) is 10.9 Å². The molecule has 1 aromatic carbocycles. The number of benzene rings is 1. The molecule has 4 N–H and O–H groups in total. The van der Waals surface area contributed by atoms with E-state index in [4.69, 9.17) is 15.7 Å². The van der Waals surface area contributed by atoms with E-state index >= 15 is 0 Å². The van der Waals surface area contributed by atoms with Gasteiger partial charge in [0.15, 0.2) is 5.84 Å². The highest BCUT2D eigenvalue weighted by atomic mass is 16.5. The number of carbonyl (C=O) groups is 1. The number of nitrogens with two attached hydrogens (primary N) is 1. The van der Waals surface area contributed by atoms with Gasteiger partial charge in [-0.1, -0.05) is 30.6 Å². The maximum Gasteiger partial charge on any atom is 0.225 e. The molecule has 0 saturated heterocycles. The van der Waals surface area contributed by atoms with E-state index in [2.05, 4.69) is 10.5 Å². The molecule has 0 heterocycles. The number of ether oxygens (including phenoxy) is 1. The first-order chi connectivity index (χ1) is 9.60. The lowest BCUT2D eigenvalue weighted by molar-refractivity contribution is -0.120. The number of amides is 1. The molecule has 0 aliphatic rings. The van der Waals surface area contributed by atoms with Crippen LogP contribution in [0.1, 0.15) is 25.3 Å². The topological polar surface area (TPSA) is 96.9 Å². The van der Waals surface area contributed by atoms with Gasteiger partial charge >= 0.3 is 0 Å². The standard InChI is InChI=1S/C14H21N3O3/c1-3-5-12(14(15)17-19)16-13(18)9-10-6-4-7-11(8-10)20-2/h4,6-8,12,19H,3,5,9H2,1-2H3,(H2,15,17)(H,16,18). The van der Waals surface area contributed by atoms with E-state index in [1.54, 1.807) is 13.2 Å². The third-order valence-corrected chi connectivity index (χ3v) is 2.88. The van der Waals surface area contributed by atoms with Crippen LogP contribution in [-0.4, -0.2) is 30.1 Å². The lowest BCUT2D eigenvalue weighted by atomic mass is 10.1. The second-order valence-electron chi connectivity index (χ2n) is 4.46. The molecule has 1 amide bonds. The molecule has 1 rings (SSSR count). The van der Waals surface area contributed by atoms with Crippen molar-refractivity contribution < 1.29 is 14.7 Å². The van der Waals surface area contributed by atoms with Gasteiger partial charge in [-0.25, -0.2) is 0 Å². The molecule has 0 aliphatic heterocycles. The predicted octanol–water partition coefficient (Wildman–Crippen LogP) is 1.27. The maximum absolute atomic E-state index is 12.0. The van der Waals surface area contributed by atoms with Gasteiger partial charge < -0.3 is 21.0 Å². The molecule has 0 aromatic heterocycles. The van der Waals surface area contributed by atoms with E-state index < -0.39 is 6.04 Å². The van der Waals surface area contributed by atoms with Crippen LogP contribution in [0.2, 0.25) is 0 Å². The second kappa shape index (κ2) is 8.04. The summed E-state index contributed by atoms with van der Waals surface area (Å²) >= 11 is 0. The SMILES string of the molecule is CCCC(NC(=O)Cc1cccc(OC)c1)/C(N)=N/O. The summed E-state index contributed by atoms with van der Waals surface area (Å²) in [5.41, 5.74) is 6.40. The summed E-state index contributed by atoms with van der Waals surface area (Å²) in [6.45, 7) is 1.96. The molecule has 1 aromatic rings. The highest BCUT2D eigenvalue weighted by Gasteiger charge is 2.16. The van der Waals surface area contributed by atoms with Gasteiger partial charge in [0.25, 0.3) is 0 Å². The largest absolute Gasteiger partial charge is 0.497 e. The number of amidine groups is 1. The quantitative estimate of drug-likeness (QED) is 0.303. The lowest BCUT2D eigenvalue weighted by Crippen LogP contribution is -2.45. The molecule has 0 saturated carbocycles. The molecular formula is C14H21N3O3. The number of oxime groups is 1. The molecule has 0 spiro atoms. The van der Waals surface area contributed by atoms with Crippen molar-refractivity contribution in [3.8, 4) is 5.75 Å². The molecular weight excluding hydrogens is 258 g/mol. The van der Waals surface area contributed by atoms with Crippen LogP contribution >= 0.6 is 0 Å². The fourth-order valence-electron chi connectivity index (χ4n) is 1.87. The number of carbonyl (C=O) groups excluding carboxylic acids is 1. The fraction of sp³-hybridized carbons (Fsp3) is 0.429. The van der Waals surface area contributed by atoms with Crippen molar-refractivity contribution in [1.82, 2.24) is 5.32 Å². The average molecular weight is 279 g/mol. The van der Waals surface area contributed by atoms with Crippen LogP contribution in [0.5, 0.6) is 5.75 Å². The molecule has 110 valence electrons. The second-order valence-corrected chi connectivity index (χ2v) is 4.46. The number of rotatable bonds is 7. The molecule has 0 bridgehead atoms. The van der Waals surface area contributed by atoms with Crippen LogP contribution in [0.4, 0.5) is 0 Å². The number of hydrogen-bond donors (Lipinski definition) is 3. The van der Waals surface area contributed by atoms with Crippen LogP contribution in [0.3, 0.4) is 0 Å². The van der Waals surface area contributed by atoms with E-state index in [0.717, 1.165) is 12.0 Å². The Balaban J connectivity index is 2.65. The van der Waals surface area contributed by atoms with E-state index in [9.17, 15) is 4.79 Å². The van der Waals surface area contributed by atoms with Gasteiger partial charge in [0, 0.05) is 0 Å². The Hall–Kier alpha value is -2.24. The van der Waals surface area contributed by atoms with Crippen molar-refractivity contribution in [3.05, 3.63) is 29.8 Å². The Labute approximate surface area is 118 Å². The summed E-state index contributed by atoms with van der Waals surface area (Å²) in [6, 6.07) is 6.85. The monoisotopic (exact) mass is 279 g/mol. The first kappa shape index (κ1) is 15.8. The van der Waals surface area contributed by atoms with Gasteiger partial charge in [-0.2, -0.15) is 0 Å². The molecule has 0 radical (unpaired) electrons. The summed E-state index contributed by atoms with van der Waals surface area (Å²) in [4.78, 5) is 12.0. The van der Waals surface area contributed by atoms with Crippen LogP contribution in [0.25, 0.3) is 0 Å². The van der Waals surface area contributed by atoms with Crippen molar-refractivity contribution in [1.29, 1.82) is 0 Å². The van der Waals surface area contributed by atoms with E-state index in [1.807, 2.05) is 25.1 Å². The van der Waals surface area contributed by atoms with Gasteiger partial charge in [-0.15, -0.1) is 0 Å². The zero-order valence-electron chi connectivity index (χ0n) is 11.8. The minimum atomic E-state index is -0.442. The van der Waals surface area contributed by atoms with Crippen molar-refractivity contribution >= 4 is 11.7 Å². The fourth-order valence-corrected chi connectivity index (χ4v) is 1.87. The van der Waals surface area contributed by atoms with Crippen molar-refractivity contribution in [2.45, 2.75) is 32.2 Å². The minimum absolute atomic E-state index is 0.0193. The zero-order valence-corrected chi connectivity index (χ0v) is 11.8. The van der Waals surface area contributed by atoms with Crippen LogP contribution in [0, 0.1) is 0 Å². The molecule has 1 unspecified atom stereocenters. The van der Waals surface area contributed by atoms with Crippen LogP contribution in [0.15, 0.2) is 29.4 Å². The third-order valence-electron chi connectivity index (χ3n) is 2.88. The van der Waals surface area contributed by atoms with Crippen LogP contribution in [-0.2, 0) is 11.2 Å². The number of nitrogens with zero attached hydrogens (tertiary/aromatic N) is 1. The highest BCUT2D eigenvalue weighted by Crippen LogP contribution is 2.13. The summed E-state index contributed by atoms with van der Waals surface area (Å²) in [5.74, 6) is 0.547. The highest BCUT2D eigenvalue weighted by molar-refractivity contribution is 5.90. The minimum Gasteiger partial charge on any atom is -0.497 e. The molecule has 6 nitrogen and oxygen atoms in total. The van der Waals surface area contributed by atoms with Gasteiger partial charge in [-0.3, -0.25) is 4.79 Å². The van der Waals surface area contributed by atoms with Crippen molar-refractivity contribution in [2.75, 3.05) is 7.11 Å². The van der Waals surface area contributed by atoms with Gasteiger partial charge in [0.05, 0.1) is 19.6 Å².